The Morgan fingerprint density at radius 1 is 1.37 bits per heavy atom. The van der Waals surface area contributed by atoms with Gasteiger partial charge in [-0.1, -0.05) is 11.6 Å². The summed E-state index contributed by atoms with van der Waals surface area (Å²) in [7, 11) is 4.98. The zero-order valence-electron chi connectivity index (χ0n) is 11.1. The van der Waals surface area contributed by atoms with E-state index in [2.05, 4.69) is 4.98 Å². The van der Waals surface area contributed by atoms with E-state index in [0.29, 0.717) is 22.9 Å². The van der Waals surface area contributed by atoms with Crippen LogP contribution in [0.5, 0.6) is 0 Å². The maximum absolute atomic E-state index is 11.7. The maximum atomic E-state index is 11.7. The molecule has 19 heavy (non-hydrogen) atoms. The minimum absolute atomic E-state index is 0.00705. The van der Waals surface area contributed by atoms with Crippen LogP contribution in [0.3, 0.4) is 0 Å². The van der Waals surface area contributed by atoms with Crippen LogP contribution in [-0.4, -0.2) is 54.6 Å². The highest BCUT2D eigenvalue weighted by molar-refractivity contribution is 6.33. The van der Waals surface area contributed by atoms with Crippen molar-refractivity contribution in [2.75, 3.05) is 32.6 Å². The highest BCUT2D eigenvalue weighted by atomic mass is 35.5. The molecule has 7 heteroatoms. The third kappa shape index (κ3) is 4.10. The van der Waals surface area contributed by atoms with Gasteiger partial charge in [0.15, 0.2) is 0 Å². The fourth-order valence-electron chi connectivity index (χ4n) is 1.46. The molecule has 1 rings (SSSR count). The summed E-state index contributed by atoms with van der Waals surface area (Å²) in [5.74, 6) is -0.616. The first-order chi connectivity index (χ1) is 8.82. The van der Waals surface area contributed by atoms with Crippen molar-refractivity contribution < 1.29 is 14.7 Å². The largest absolute Gasteiger partial charge is 0.481 e. The summed E-state index contributed by atoms with van der Waals surface area (Å²) in [5, 5.41) is 8.95. The SMILES string of the molecule is CN(C)C(=O)c1cnc(N(C)CCC(=O)O)c(Cl)c1. The second kappa shape index (κ2) is 6.38. The molecule has 0 saturated heterocycles. The number of carbonyl (C=O) groups is 2. The molecule has 1 N–H and O–H groups in total. The molecule has 0 fully saturated rings. The number of halogens is 1. The molecule has 6 nitrogen and oxygen atoms in total. The molecule has 0 aliphatic carbocycles. The van der Waals surface area contributed by atoms with E-state index in [-0.39, 0.29) is 12.3 Å². The number of aromatic nitrogens is 1. The van der Waals surface area contributed by atoms with Crippen molar-refractivity contribution in [3.8, 4) is 0 Å². The maximum Gasteiger partial charge on any atom is 0.305 e. The predicted molar refractivity (Wildman–Crippen MR) is 72.8 cm³/mol. The van der Waals surface area contributed by atoms with E-state index in [4.69, 9.17) is 16.7 Å². The molecule has 0 bridgehead atoms. The Balaban J connectivity index is 2.88. The third-order valence-corrected chi connectivity index (χ3v) is 2.78. The van der Waals surface area contributed by atoms with Crippen LogP contribution >= 0.6 is 11.6 Å². The van der Waals surface area contributed by atoms with Crippen molar-refractivity contribution in [1.29, 1.82) is 0 Å². The van der Waals surface area contributed by atoms with Crippen LogP contribution in [-0.2, 0) is 4.79 Å². The van der Waals surface area contributed by atoms with E-state index in [1.165, 1.54) is 17.2 Å². The number of rotatable bonds is 5. The summed E-state index contributed by atoms with van der Waals surface area (Å²) >= 11 is 6.07. The van der Waals surface area contributed by atoms with Crippen LogP contribution < -0.4 is 4.90 Å². The first kappa shape index (κ1) is 15.2. The van der Waals surface area contributed by atoms with Gasteiger partial charge >= 0.3 is 5.97 Å². The molecule has 0 atom stereocenters. The average molecular weight is 286 g/mol. The number of nitrogens with zero attached hydrogens (tertiary/aromatic N) is 3. The van der Waals surface area contributed by atoms with Gasteiger partial charge in [-0.25, -0.2) is 4.98 Å². The van der Waals surface area contributed by atoms with Gasteiger partial charge in [-0.15, -0.1) is 0 Å². The Kier molecular flexibility index (Phi) is 5.11. The lowest BCUT2D eigenvalue weighted by Crippen LogP contribution is -2.24. The number of pyridine rings is 1. The Bertz CT molecular complexity index is 491. The van der Waals surface area contributed by atoms with E-state index < -0.39 is 5.97 Å². The quantitative estimate of drug-likeness (QED) is 0.884. The summed E-state index contributed by atoms with van der Waals surface area (Å²) in [6.45, 7) is 0.295. The van der Waals surface area contributed by atoms with Crippen molar-refractivity contribution in [3.05, 3.63) is 22.8 Å². The molecule has 0 unspecified atom stereocenters. The normalized spacial score (nSPS) is 10.1. The number of hydrogen-bond donors (Lipinski definition) is 1. The van der Waals surface area contributed by atoms with Gasteiger partial charge in [-0.05, 0) is 6.07 Å². The van der Waals surface area contributed by atoms with Crippen LogP contribution in [0, 0.1) is 0 Å². The second-order valence-corrected chi connectivity index (χ2v) is 4.70. The predicted octanol–water partition coefficient (Wildman–Crippen LogP) is 1.35. The Morgan fingerprint density at radius 2 is 2.00 bits per heavy atom. The van der Waals surface area contributed by atoms with E-state index in [1.807, 2.05) is 0 Å². The number of carboxylic acid groups (broad SMARTS) is 1. The Morgan fingerprint density at radius 3 is 2.47 bits per heavy atom. The van der Waals surface area contributed by atoms with Gasteiger partial charge in [-0.2, -0.15) is 0 Å². The van der Waals surface area contributed by atoms with Crippen LogP contribution in [0.1, 0.15) is 16.8 Å². The van der Waals surface area contributed by atoms with Crippen LogP contribution in [0.15, 0.2) is 12.3 Å². The van der Waals surface area contributed by atoms with E-state index in [9.17, 15) is 9.59 Å². The molecular formula is C12H16ClN3O3. The number of carboxylic acids is 1. The number of hydrogen-bond acceptors (Lipinski definition) is 4. The first-order valence-corrected chi connectivity index (χ1v) is 6.01. The monoisotopic (exact) mass is 285 g/mol. The highest BCUT2D eigenvalue weighted by Gasteiger charge is 2.14. The summed E-state index contributed by atoms with van der Waals surface area (Å²) < 4.78 is 0. The van der Waals surface area contributed by atoms with Gasteiger partial charge in [0.05, 0.1) is 17.0 Å². The van der Waals surface area contributed by atoms with Gasteiger partial charge in [0, 0.05) is 33.9 Å². The molecule has 0 radical (unpaired) electrons. The second-order valence-electron chi connectivity index (χ2n) is 4.29. The number of anilines is 1. The summed E-state index contributed by atoms with van der Waals surface area (Å²) in [6, 6.07) is 1.53. The van der Waals surface area contributed by atoms with Crippen molar-refractivity contribution in [3.63, 3.8) is 0 Å². The van der Waals surface area contributed by atoms with Gasteiger partial charge in [0.25, 0.3) is 5.91 Å². The van der Waals surface area contributed by atoms with E-state index in [1.54, 1.807) is 26.0 Å². The lowest BCUT2D eigenvalue weighted by molar-refractivity contribution is -0.136. The highest BCUT2D eigenvalue weighted by Crippen LogP contribution is 2.23. The topological polar surface area (TPSA) is 73.7 Å². The summed E-state index contributed by atoms with van der Waals surface area (Å²) in [5.41, 5.74) is 0.394. The van der Waals surface area contributed by atoms with Crippen LogP contribution in [0.4, 0.5) is 5.82 Å². The minimum atomic E-state index is -0.887. The van der Waals surface area contributed by atoms with Crippen LogP contribution in [0.25, 0.3) is 0 Å². The van der Waals surface area contributed by atoms with Gasteiger partial charge in [-0.3, -0.25) is 9.59 Å². The molecule has 1 aromatic heterocycles. The molecule has 0 saturated carbocycles. The Hall–Kier alpha value is -1.82. The van der Waals surface area contributed by atoms with E-state index >= 15 is 0 Å². The molecule has 0 spiro atoms. The van der Waals surface area contributed by atoms with Crippen LogP contribution in [0.2, 0.25) is 5.02 Å². The molecular weight excluding hydrogens is 270 g/mol. The number of carbonyl (C=O) groups excluding carboxylic acids is 1. The lowest BCUT2D eigenvalue weighted by atomic mass is 10.2. The molecule has 1 amide bonds. The summed E-state index contributed by atoms with van der Waals surface area (Å²) in [6.07, 6.45) is 1.42. The van der Waals surface area contributed by atoms with Crippen molar-refractivity contribution in [2.24, 2.45) is 0 Å². The lowest BCUT2D eigenvalue weighted by Gasteiger charge is -2.19. The minimum Gasteiger partial charge on any atom is -0.481 e. The van der Waals surface area contributed by atoms with E-state index in [0.717, 1.165) is 0 Å². The molecule has 1 aromatic rings. The first-order valence-electron chi connectivity index (χ1n) is 5.63. The van der Waals surface area contributed by atoms with Crippen molar-refractivity contribution >= 4 is 29.3 Å². The smallest absolute Gasteiger partial charge is 0.305 e. The number of amides is 1. The van der Waals surface area contributed by atoms with Gasteiger partial charge in [0.1, 0.15) is 5.82 Å². The number of aliphatic carboxylic acids is 1. The molecule has 0 aliphatic heterocycles. The standard InChI is InChI=1S/C12H16ClN3O3/c1-15(2)12(19)8-6-9(13)11(14-7-8)16(3)5-4-10(17)18/h6-7H,4-5H2,1-3H3,(H,17,18). The zero-order chi connectivity index (χ0) is 14.6. The molecule has 0 aromatic carbocycles. The molecule has 0 aliphatic rings. The fraction of sp³-hybridized carbons (Fsp3) is 0.417. The van der Waals surface area contributed by atoms with Crippen molar-refractivity contribution in [1.82, 2.24) is 9.88 Å². The third-order valence-electron chi connectivity index (χ3n) is 2.50. The molecule has 104 valence electrons. The average Bonchev–Trinajstić information content (AvgIpc) is 2.34. The fourth-order valence-corrected chi connectivity index (χ4v) is 1.77. The van der Waals surface area contributed by atoms with Gasteiger partial charge < -0.3 is 14.9 Å². The zero-order valence-corrected chi connectivity index (χ0v) is 11.8. The Labute approximate surface area is 116 Å². The van der Waals surface area contributed by atoms with Gasteiger partial charge in [0.2, 0.25) is 0 Å². The molecule has 1 heterocycles. The summed E-state index contributed by atoms with van der Waals surface area (Å²) in [4.78, 5) is 29.4. The van der Waals surface area contributed by atoms with Crippen molar-refractivity contribution in [2.45, 2.75) is 6.42 Å².